The molecule has 0 N–H and O–H groups in total. The molecule has 5 heteroatoms. The van der Waals surface area contributed by atoms with Crippen molar-refractivity contribution >= 4 is 27.3 Å². The molecule has 2 heterocycles. The fraction of sp³-hybridized carbons (Fsp3) is 0.350. The molecular weight excluding hydrogens is 332 g/mol. The Bertz CT molecular complexity index is 1040. The topological polar surface area (TPSA) is 52.0 Å². The van der Waals surface area contributed by atoms with Crippen molar-refractivity contribution in [2.45, 2.75) is 47.6 Å². The Morgan fingerprint density at radius 3 is 2.52 bits per heavy atom. The molecule has 130 valence electrons. The number of hydrogen-bond acceptors (Lipinski definition) is 4. The van der Waals surface area contributed by atoms with E-state index in [1.807, 2.05) is 52.8 Å². The van der Waals surface area contributed by atoms with Gasteiger partial charge in [0.1, 0.15) is 10.7 Å². The summed E-state index contributed by atoms with van der Waals surface area (Å²) in [7, 11) is 0. The SMILES string of the molecule is CCc1nc2sc(C)c(C)c2c(=O)n1CC(=O)c1ccc(C)c(C)c1. The summed E-state index contributed by atoms with van der Waals surface area (Å²) in [5.74, 6) is 0.599. The average Bonchev–Trinajstić information content (AvgIpc) is 2.86. The number of rotatable bonds is 4. The highest BCUT2D eigenvalue weighted by Crippen LogP contribution is 2.26. The fourth-order valence-electron chi connectivity index (χ4n) is 2.95. The van der Waals surface area contributed by atoms with E-state index >= 15 is 0 Å². The largest absolute Gasteiger partial charge is 0.292 e. The number of carbonyl (C=O) groups excluding carboxylic acids is 1. The van der Waals surface area contributed by atoms with E-state index in [1.165, 1.54) is 0 Å². The summed E-state index contributed by atoms with van der Waals surface area (Å²) in [5, 5.41) is 0.646. The molecule has 0 atom stereocenters. The predicted molar refractivity (Wildman–Crippen MR) is 103 cm³/mol. The van der Waals surface area contributed by atoms with Gasteiger partial charge in [-0.15, -0.1) is 11.3 Å². The van der Waals surface area contributed by atoms with E-state index in [0.29, 0.717) is 23.2 Å². The summed E-state index contributed by atoms with van der Waals surface area (Å²) in [4.78, 5) is 32.3. The molecular formula is C20H22N2O2S. The minimum Gasteiger partial charge on any atom is -0.292 e. The first-order chi connectivity index (χ1) is 11.8. The molecule has 3 rings (SSSR count). The van der Waals surface area contributed by atoms with Gasteiger partial charge < -0.3 is 0 Å². The zero-order chi connectivity index (χ0) is 18.3. The van der Waals surface area contributed by atoms with Crippen LogP contribution >= 0.6 is 11.3 Å². The number of nitrogens with zero attached hydrogens (tertiary/aromatic N) is 2. The number of carbonyl (C=O) groups is 1. The second kappa shape index (κ2) is 6.56. The lowest BCUT2D eigenvalue weighted by atomic mass is 10.0. The standard InChI is InChI=1S/C20H22N2O2S/c1-6-17-21-19-18(13(4)14(5)25-19)20(24)22(17)10-16(23)15-8-7-11(2)12(3)9-15/h7-9H,6,10H2,1-5H3. The van der Waals surface area contributed by atoms with Gasteiger partial charge in [-0.1, -0.05) is 19.1 Å². The average molecular weight is 354 g/mol. The summed E-state index contributed by atoms with van der Waals surface area (Å²) in [6, 6.07) is 5.66. The van der Waals surface area contributed by atoms with Gasteiger partial charge in [0.25, 0.3) is 5.56 Å². The third-order valence-corrected chi connectivity index (χ3v) is 5.92. The van der Waals surface area contributed by atoms with Crippen LogP contribution in [-0.4, -0.2) is 15.3 Å². The van der Waals surface area contributed by atoms with Crippen LogP contribution < -0.4 is 5.56 Å². The Balaban J connectivity index is 2.09. The van der Waals surface area contributed by atoms with E-state index in [9.17, 15) is 9.59 Å². The van der Waals surface area contributed by atoms with E-state index < -0.39 is 0 Å². The van der Waals surface area contributed by atoms with Crippen molar-refractivity contribution < 1.29 is 4.79 Å². The maximum Gasteiger partial charge on any atom is 0.262 e. The molecule has 0 aliphatic rings. The van der Waals surface area contributed by atoms with E-state index in [0.717, 1.165) is 26.4 Å². The Morgan fingerprint density at radius 2 is 1.88 bits per heavy atom. The van der Waals surface area contributed by atoms with Crippen molar-refractivity contribution in [3.63, 3.8) is 0 Å². The molecule has 0 aliphatic heterocycles. The fourth-order valence-corrected chi connectivity index (χ4v) is 3.99. The number of Topliss-reactive ketones (excluding diaryl/α,β-unsaturated/α-hetero) is 1. The summed E-state index contributed by atoms with van der Waals surface area (Å²) in [6.45, 7) is 9.93. The smallest absolute Gasteiger partial charge is 0.262 e. The van der Waals surface area contributed by atoms with Crippen molar-refractivity contribution in [2.24, 2.45) is 0 Å². The van der Waals surface area contributed by atoms with Gasteiger partial charge in [0.05, 0.1) is 11.9 Å². The second-order valence-corrected chi connectivity index (χ2v) is 7.66. The van der Waals surface area contributed by atoms with Crippen LogP contribution in [0.3, 0.4) is 0 Å². The van der Waals surface area contributed by atoms with Gasteiger partial charge in [0.2, 0.25) is 0 Å². The van der Waals surface area contributed by atoms with Gasteiger partial charge >= 0.3 is 0 Å². The van der Waals surface area contributed by atoms with Crippen LogP contribution in [0.2, 0.25) is 0 Å². The van der Waals surface area contributed by atoms with Crippen LogP contribution in [0.5, 0.6) is 0 Å². The number of fused-ring (bicyclic) bond motifs is 1. The van der Waals surface area contributed by atoms with Gasteiger partial charge in [-0.2, -0.15) is 0 Å². The molecule has 0 bridgehead atoms. The number of ketones is 1. The normalized spacial score (nSPS) is 11.2. The van der Waals surface area contributed by atoms with E-state index in [2.05, 4.69) is 4.98 Å². The molecule has 0 unspecified atom stereocenters. The van der Waals surface area contributed by atoms with E-state index in [1.54, 1.807) is 15.9 Å². The van der Waals surface area contributed by atoms with Gasteiger partial charge in [0, 0.05) is 16.9 Å². The first-order valence-electron chi connectivity index (χ1n) is 8.43. The van der Waals surface area contributed by atoms with Crippen LogP contribution in [-0.2, 0) is 13.0 Å². The highest BCUT2D eigenvalue weighted by Gasteiger charge is 2.18. The highest BCUT2D eigenvalue weighted by atomic mass is 32.1. The molecule has 4 nitrogen and oxygen atoms in total. The van der Waals surface area contributed by atoms with Crippen molar-refractivity contribution in [1.29, 1.82) is 0 Å². The molecule has 2 aromatic heterocycles. The van der Waals surface area contributed by atoms with Gasteiger partial charge in [-0.3, -0.25) is 14.2 Å². The third-order valence-electron chi connectivity index (χ3n) is 4.81. The molecule has 1 aromatic carbocycles. The van der Waals surface area contributed by atoms with E-state index in [-0.39, 0.29) is 17.9 Å². The molecule has 0 spiro atoms. The lowest BCUT2D eigenvalue weighted by molar-refractivity contribution is 0.0969. The van der Waals surface area contributed by atoms with Crippen LogP contribution in [0, 0.1) is 27.7 Å². The van der Waals surface area contributed by atoms with Crippen molar-refractivity contribution in [3.8, 4) is 0 Å². The number of benzene rings is 1. The Kier molecular flexibility index (Phi) is 4.60. The summed E-state index contributed by atoms with van der Waals surface area (Å²) >= 11 is 1.54. The van der Waals surface area contributed by atoms with E-state index in [4.69, 9.17) is 0 Å². The minimum absolute atomic E-state index is 0.0295. The number of hydrogen-bond donors (Lipinski definition) is 0. The monoisotopic (exact) mass is 354 g/mol. The molecule has 0 fully saturated rings. The Hall–Kier alpha value is -2.27. The molecule has 0 amide bonds. The van der Waals surface area contributed by atoms with Gasteiger partial charge in [-0.05, 0) is 50.5 Å². The maximum absolute atomic E-state index is 13.0. The van der Waals surface area contributed by atoms with Gasteiger partial charge in [0.15, 0.2) is 5.78 Å². The van der Waals surface area contributed by atoms with Crippen LogP contribution in [0.4, 0.5) is 0 Å². The lowest BCUT2D eigenvalue weighted by Crippen LogP contribution is -2.28. The van der Waals surface area contributed by atoms with Crippen molar-refractivity contribution in [3.05, 3.63) is 61.5 Å². The van der Waals surface area contributed by atoms with Gasteiger partial charge in [-0.25, -0.2) is 4.98 Å². The van der Waals surface area contributed by atoms with Crippen LogP contribution in [0.25, 0.3) is 10.2 Å². The molecule has 0 aliphatic carbocycles. The highest BCUT2D eigenvalue weighted by molar-refractivity contribution is 7.18. The lowest BCUT2D eigenvalue weighted by Gasteiger charge is -2.11. The molecule has 0 saturated heterocycles. The predicted octanol–water partition coefficient (Wildman–Crippen LogP) is 4.14. The third kappa shape index (κ3) is 3.04. The Morgan fingerprint density at radius 1 is 1.16 bits per heavy atom. The summed E-state index contributed by atoms with van der Waals surface area (Å²) in [5.41, 5.74) is 3.71. The Labute approximate surface area is 151 Å². The van der Waals surface area contributed by atoms with Crippen LogP contribution in [0.1, 0.15) is 44.7 Å². The molecule has 25 heavy (non-hydrogen) atoms. The summed E-state index contributed by atoms with van der Waals surface area (Å²) < 4.78 is 1.54. The first kappa shape index (κ1) is 17.5. The quantitative estimate of drug-likeness (QED) is 0.662. The molecule has 0 radical (unpaired) electrons. The second-order valence-electron chi connectivity index (χ2n) is 6.46. The number of aryl methyl sites for hydroxylation is 5. The van der Waals surface area contributed by atoms with Crippen molar-refractivity contribution in [2.75, 3.05) is 0 Å². The summed E-state index contributed by atoms with van der Waals surface area (Å²) in [6.07, 6.45) is 0.612. The van der Waals surface area contributed by atoms with Crippen molar-refractivity contribution in [1.82, 2.24) is 9.55 Å². The first-order valence-corrected chi connectivity index (χ1v) is 9.25. The number of aromatic nitrogens is 2. The zero-order valence-corrected chi connectivity index (χ0v) is 16.1. The molecule has 3 aromatic rings. The van der Waals surface area contributed by atoms with Crippen LogP contribution in [0.15, 0.2) is 23.0 Å². The minimum atomic E-state index is -0.110. The maximum atomic E-state index is 13.0. The number of thiophene rings is 1. The zero-order valence-electron chi connectivity index (χ0n) is 15.3. The molecule has 0 saturated carbocycles.